The lowest BCUT2D eigenvalue weighted by atomic mass is 10.1. The molecule has 1 saturated carbocycles. The van der Waals surface area contributed by atoms with Gasteiger partial charge in [-0.25, -0.2) is 0 Å². The monoisotopic (exact) mass is 291 g/mol. The van der Waals surface area contributed by atoms with Crippen LogP contribution in [0, 0.1) is 10.1 Å². The minimum absolute atomic E-state index is 0.0203. The van der Waals surface area contributed by atoms with Gasteiger partial charge in [0, 0.05) is 24.7 Å². The normalized spacial score (nSPS) is 16.0. The molecule has 1 aromatic rings. The molecule has 1 aromatic carbocycles. The van der Waals surface area contributed by atoms with Crippen molar-refractivity contribution < 1.29 is 9.72 Å². The molecule has 0 spiro atoms. The van der Waals surface area contributed by atoms with Gasteiger partial charge in [0.1, 0.15) is 5.69 Å². The van der Waals surface area contributed by atoms with Gasteiger partial charge in [0.25, 0.3) is 11.6 Å². The fourth-order valence-electron chi connectivity index (χ4n) is 2.74. The molecule has 6 heteroatoms. The highest BCUT2D eigenvalue weighted by Crippen LogP contribution is 2.29. The summed E-state index contributed by atoms with van der Waals surface area (Å²) >= 11 is 0. The van der Waals surface area contributed by atoms with Crippen LogP contribution in [0.15, 0.2) is 18.2 Å². The standard InChI is InChI=1S/C15H21N3O3/c1-16-15(19)11-8-9-14(18(20)21)13(10-11)17-12-6-4-2-3-5-7-12/h8-10,12,17H,2-7H2,1H3,(H,16,19). The Morgan fingerprint density at radius 3 is 2.48 bits per heavy atom. The SMILES string of the molecule is CNC(=O)c1ccc([N+](=O)[O-])c(NC2CCCCCC2)c1. The number of anilines is 1. The van der Waals surface area contributed by atoms with E-state index in [9.17, 15) is 14.9 Å². The molecule has 0 bridgehead atoms. The fraction of sp³-hybridized carbons (Fsp3) is 0.533. The zero-order valence-electron chi connectivity index (χ0n) is 12.2. The van der Waals surface area contributed by atoms with Crippen molar-refractivity contribution in [3.63, 3.8) is 0 Å². The first-order valence-corrected chi connectivity index (χ1v) is 7.39. The van der Waals surface area contributed by atoms with Crippen LogP contribution < -0.4 is 10.6 Å². The molecule has 0 aliphatic heterocycles. The van der Waals surface area contributed by atoms with Crippen molar-refractivity contribution in [3.8, 4) is 0 Å². The molecule has 2 rings (SSSR count). The molecule has 1 fully saturated rings. The predicted molar refractivity (Wildman–Crippen MR) is 81.6 cm³/mol. The van der Waals surface area contributed by atoms with E-state index in [1.54, 1.807) is 13.1 Å². The summed E-state index contributed by atoms with van der Waals surface area (Å²) in [5.41, 5.74) is 0.888. The van der Waals surface area contributed by atoms with Crippen molar-refractivity contribution in [1.29, 1.82) is 0 Å². The average Bonchev–Trinajstić information content (AvgIpc) is 2.74. The Morgan fingerprint density at radius 1 is 1.24 bits per heavy atom. The van der Waals surface area contributed by atoms with E-state index in [2.05, 4.69) is 10.6 Å². The zero-order valence-corrected chi connectivity index (χ0v) is 12.2. The second kappa shape index (κ2) is 7.06. The molecule has 1 aliphatic carbocycles. The topological polar surface area (TPSA) is 84.3 Å². The summed E-state index contributed by atoms with van der Waals surface area (Å²) in [4.78, 5) is 22.4. The minimum atomic E-state index is -0.410. The van der Waals surface area contributed by atoms with Crippen LogP contribution >= 0.6 is 0 Å². The van der Waals surface area contributed by atoms with Gasteiger partial charge in [-0.05, 0) is 25.0 Å². The van der Waals surface area contributed by atoms with Gasteiger partial charge in [-0.3, -0.25) is 14.9 Å². The molecule has 0 unspecified atom stereocenters. The smallest absolute Gasteiger partial charge is 0.292 e. The summed E-state index contributed by atoms with van der Waals surface area (Å²) in [6.07, 6.45) is 6.75. The lowest BCUT2D eigenvalue weighted by Crippen LogP contribution is -2.21. The van der Waals surface area contributed by atoms with Crippen LogP contribution in [0.3, 0.4) is 0 Å². The van der Waals surface area contributed by atoms with Gasteiger partial charge in [-0.2, -0.15) is 0 Å². The van der Waals surface area contributed by atoms with Gasteiger partial charge < -0.3 is 10.6 Å². The van der Waals surface area contributed by atoms with Crippen LogP contribution in [-0.2, 0) is 0 Å². The summed E-state index contributed by atoms with van der Waals surface area (Å²) in [6.45, 7) is 0. The molecule has 0 aromatic heterocycles. The van der Waals surface area contributed by atoms with Gasteiger partial charge in [0.05, 0.1) is 4.92 Å². The van der Waals surface area contributed by atoms with E-state index in [0.717, 1.165) is 25.7 Å². The summed E-state index contributed by atoms with van der Waals surface area (Å²) in [5, 5.41) is 16.9. The van der Waals surface area contributed by atoms with Gasteiger partial charge in [-0.1, -0.05) is 25.7 Å². The van der Waals surface area contributed by atoms with Crippen LogP contribution in [-0.4, -0.2) is 23.9 Å². The third-order valence-electron chi connectivity index (χ3n) is 3.90. The zero-order chi connectivity index (χ0) is 15.2. The number of rotatable bonds is 4. The minimum Gasteiger partial charge on any atom is -0.377 e. The van der Waals surface area contributed by atoms with Crippen molar-refractivity contribution in [3.05, 3.63) is 33.9 Å². The molecule has 0 atom stereocenters. The van der Waals surface area contributed by atoms with Crippen molar-refractivity contribution >= 4 is 17.3 Å². The van der Waals surface area contributed by atoms with Gasteiger partial charge >= 0.3 is 0 Å². The molecule has 2 N–H and O–H groups in total. The number of carbonyl (C=O) groups is 1. The number of amides is 1. The molecule has 6 nitrogen and oxygen atoms in total. The molecule has 0 saturated heterocycles. The number of nitro groups is 1. The third-order valence-corrected chi connectivity index (χ3v) is 3.90. The molecule has 114 valence electrons. The Morgan fingerprint density at radius 2 is 1.90 bits per heavy atom. The number of nitrogens with zero attached hydrogens (tertiary/aromatic N) is 1. The predicted octanol–water partition coefficient (Wildman–Crippen LogP) is 3.09. The first-order chi connectivity index (χ1) is 10.1. The molecule has 0 heterocycles. The summed E-state index contributed by atoms with van der Waals surface area (Å²) in [7, 11) is 1.54. The Bertz CT molecular complexity index is 523. The summed E-state index contributed by atoms with van der Waals surface area (Å²) < 4.78 is 0. The second-order valence-electron chi connectivity index (χ2n) is 5.40. The Hall–Kier alpha value is -2.11. The summed E-state index contributed by atoms with van der Waals surface area (Å²) in [5.74, 6) is -0.242. The van der Waals surface area contributed by atoms with Gasteiger partial charge in [0.2, 0.25) is 0 Å². The molecule has 21 heavy (non-hydrogen) atoms. The van der Waals surface area contributed by atoms with E-state index in [-0.39, 0.29) is 17.6 Å². The number of hydrogen-bond acceptors (Lipinski definition) is 4. The highest BCUT2D eigenvalue weighted by atomic mass is 16.6. The van der Waals surface area contributed by atoms with Crippen LogP contribution in [0.2, 0.25) is 0 Å². The van der Waals surface area contributed by atoms with Gasteiger partial charge in [0.15, 0.2) is 0 Å². The number of carbonyl (C=O) groups excluding carboxylic acids is 1. The van der Waals surface area contributed by atoms with Crippen molar-refractivity contribution in [2.75, 3.05) is 12.4 Å². The maximum Gasteiger partial charge on any atom is 0.292 e. The average molecular weight is 291 g/mol. The van der Waals surface area contributed by atoms with E-state index >= 15 is 0 Å². The Kier molecular flexibility index (Phi) is 5.14. The quantitative estimate of drug-likeness (QED) is 0.507. The first-order valence-electron chi connectivity index (χ1n) is 7.39. The van der Waals surface area contributed by atoms with Crippen LogP contribution in [0.25, 0.3) is 0 Å². The second-order valence-corrected chi connectivity index (χ2v) is 5.40. The van der Waals surface area contributed by atoms with E-state index in [0.29, 0.717) is 11.3 Å². The molecule has 1 aliphatic rings. The van der Waals surface area contributed by atoms with Crippen molar-refractivity contribution in [1.82, 2.24) is 5.32 Å². The van der Waals surface area contributed by atoms with Crippen LogP contribution in [0.4, 0.5) is 11.4 Å². The van der Waals surface area contributed by atoms with E-state index in [1.807, 2.05) is 0 Å². The van der Waals surface area contributed by atoms with Gasteiger partial charge in [-0.15, -0.1) is 0 Å². The molecule has 1 amide bonds. The van der Waals surface area contributed by atoms with Crippen molar-refractivity contribution in [2.24, 2.45) is 0 Å². The third kappa shape index (κ3) is 3.93. The number of benzene rings is 1. The van der Waals surface area contributed by atoms with Crippen LogP contribution in [0.5, 0.6) is 0 Å². The highest BCUT2D eigenvalue weighted by molar-refractivity contribution is 5.95. The number of hydrogen-bond donors (Lipinski definition) is 2. The number of nitrogens with one attached hydrogen (secondary N) is 2. The van der Waals surface area contributed by atoms with Crippen molar-refractivity contribution in [2.45, 2.75) is 44.6 Å². The highest BCUT2D eigenvalue weighted by Gasteiger charge is 2.20. The maximum absolute atomic E-state index is 11.7. The number of nitro benzene ring substituents is 1. The molecule has 0 radical (unpaired) electrons. The Labute approximate surface area is 124 Å². The van der Waals surface area contributed by atoms with E-state index in [1.165, 1.54) is 25.0 Å². The lowest BCUT2D eigenvalue weighted by Gasteiger charge is -2.18. The van der Waals surface area contributed by atoms with Crippen LogP contribution in [0.1, 0.15) is 48.9 Å². The molecular formula is C15H21N3O3. The summed E-state index contributed by atoms with van der Waals surface area (Å²) in [6, 6.07) is 4.69. The van der Waals surface area contributed by atoms with E-state index < -0.39 is 4.92 Å². The largest absolute Gasteiger partial charge is 0.377 e. The van der Waals surface area contributed by atoms with E-state index in [4.69, 9.17) is 0 Å². The maximum atomic E-state index is 11.7. The first kappa shape index (κ1) is 15.3. The molecular weight excluding hydrogens is 270 g/mol. The Balaban J connectivity index is 2.25. The lowest BCUT2D eigenvalue weighted by molar-refractivity contribution is -0.384. The fourth-order valence-corrected chi connectivity index (χ4v) is 2.74.